The molecule has 0 unspecified atom stereocenters. The van der Waals surface area contributed by atoms with E-state index in [0.717, 1.165) is 64.8 Å². The molecule has 0 N–H and O–H groups in total. The smallest absolute Gasteiger partial charge is 0.149 e. The average Bonchev–Trinajstić information content (AvgIpc) is 3.31. The van der Waals surface area contributed by atoms with Gasteiger partial charge in [-0.3, -0.25) is 0 Å². The van der Waals surface area contributed by atoms with Crippen LogP contribution in [0.4, 0.5) is 0 Å². The Bertz CT molecular complexity index is 3100. The lowest BCUT2D eigenvalue weighted by molar-refractivity contribution is 0.456. The summed E-state index contributed by atoms with van der Waals surface area (Å²) in [6, 6.07) is 74.0. The second kappa shape index (κ2) is 14.4. The summed E-state index contributed by atoms with van der Waals surface area (Å²) >= 11 is 3.53. The molecule has 282 valence electrons. The molecule has 0 saturated heterocycles. The fraction of sp³-hybridized carbons (Fsp3) is 0. The van der Waals surface area contributed by atoms with Crippen LogP contribution in [-0.4, -0.2) is 0 Å². The van der Waals surface area contributed by atoms with Crippen molar-refractivity contribution in [3.8, 4) is 78.6 Å². The molecular weight excluding hydrogens is 769 g/mol. The predicted octanol–water partition coefficient (Wildman–Crippen LogP) is 16.8. The van der Waals surface area contributed by atoms with Crippen LogP contribution < -0.4 is 9.47 Å². The van der Waals surface area contributed by atoms with E-state index in [4.69, 9.17) is 9.47 Å². The molecule has 0 amide bonds. The molecule has 2 aliphatic rings. The number of hydrogen-bond acceptors (Lipinski definition) is 4. The molecule has 0 spiro atoms. The van der Waals surface area contributed by atoms with Crippen LogP contribution in [0.1, 0.15) is 0 Å². The molecule has 0 saturated carbocycles. The van der Waals surface area contributed by atoms with Crippen LogP contribution in [0, 0.1) is 0 Å². The van der Waals surface area contributed by atoms with Crippen molar-refractivity contribution in [2.24, 2.45) is 0 Å². The number of ether oxygens (including phenoxy) is 2. The van der Waals surface area contributed by atoms with E-state index in [1.165, 1.54) is 54.9 Å². The van der Waals surface area contributed by atoms with Gasteiger partial charge < -0.3 is 9.47 Å². The third-order valence-corrected chi connectivity index (χ3v) is 13.8. The van der Waals surface area contributed by atoms with E-state index in [9.17, 15) is 0 Å². The van der Waals surface area contributed by atoms with Crippen LogP contribution in [0.3, 0.4) is 0 Å². The summed E-state index contributed by atoms with van der Waals surface area (Å²) in [5.74, 6) is 3.64. The van der Waals surface area contributed by atoms with Crippen molar-refractivity contribution in [3.05, 3.63) is 206 Å². The quantitative estimate of drug-likeness (QED) is 0.161. The molecule has 0 radical (unpaired) electrons. The molecule has 2 heterocycles. The second-order valence-electron chi connectivity index (χ2n) is 15.1. The zero-order valence-corrected chi connectivity index (χ0v) is 33.9. The Morgan fingerprint density at radius 3 is 1.13 bits per heavy atom. The fourth-order valence-electron chi connectivity index (χ4n) is 8.80. The van der Waals surface area contributed by atoms with Crippen LogP contribution in [0.5, 0.6) is 23.0 Å². The first-order chi connectivity index (χ1) is 29.7. The van der Waals surface area contributed by atoms with Gasteiger partial charge in [0.1, 0.15) is 23.0 Å². The molecule has 10 aromatic rings. The Kier molecular flexibility index (Phi) is 8.39. The first-order valence-corrected chi connectivity index (χ1v) is 21.8. The Morgan fingerprint density at radius 2 is 0.650 bits per heavy atom. The summed E-state index contributed by atoms with van der Waals surface area (Å²) in [6.07, 6.45) is 0. The minimum atomic E-state index is 0.904. The van der Waals surface area contributed by atoms with Crippen LogP contribution >= 0.6 is 23.5 Å². The molecule has 0 aromatic heterocycles. The highest BCUT2D eigenvalue weighted by Crippen LogP contribution is 2.52. The number of hydrogen-bond donors (Lipinski definition) is 0. The Hall–Kier alpha value is -6.98. The van der Waals surface area contributed by atoms with Gasteiger partial charge >= 0.3 is 0 Å². The van der Waals surface area contributed by atoms with E-state index in [1.54, 1.807) is 23.5 Å². The highest BCUT2D eigenvalue weighted by molar-refractivity contribution is 8.00. The van der Waals surface area contributed by atoms with Gasteiger partial charge in [-0.15, -0.1) is 0 Å². The molecule has 10 aromatic carbocycles. The van der Waals surface area contributed by atoms with Crippen molar-refractivity contribution in [1.29, 1.82) is 0 Å². The summed E-state index contributed by atoms with van der Waals surface area (Å²) < 4.78 is 13.0. The van der Waals surface area contributed by atoms with Crippen LogP contribution in [0.15, 0.2) is 226 Å². The molecule has 0 aliphatic carbocycles. The zero-order chi connectivity index (χ0) is 39.6. The van der Waals surface area contributed by atoms with Gasteiger partial charge in [-0.25, -0.2) is 0 Å². The topological polar surface area (TPSA) is 18.5 Å². The second-order valence-corrected chi connectivity index (χ2v) is 17.3. The molecule has 0 atom stereocenters. The summed E-state index contributed by atoms with van der Waals surface area (Å²) in [5.41, 5.74) is 11.6. The van der Waals surface area contributed by atoms with E-state index in [0.29, 0.717) is 0 Å². The first kappa shape index (κ1) is 35.0. The van der Waals surface area contributed by atoms with Gasteiger partial charge in [0.2, 0.25) is 0 Å². The number of para-hydroxylation sites is 4. The van der Waals surface area contributed by atoms with Gasteiger partial charge in [0.15, 0.2) is 0 Å². The lowest BCUT2D eigenvalue weighted by Gasteiger charge is -2.22. The predicted molar refractivity (Wildman–Crippen MR) is 250 cm³/mol. The van der Waals surface area contributed by atoms with E-state index >= 15 is 0 Å². The van der Waals surface area contributed by atoms with Gasteiger partial charge in [0.05, 0.1) is 19.6 Å². The summed E-state index contributed by atoms with van der Waals surface area (Å²) in [6.45, 7) is 0. The standard InChI is InChI=1S/C56H34O2S2/c1-2-12-39(13-3-1)54-44-18-8-14-40(35-26-30-37(31-27-35)42-16-10-24-52-55(42)57-48-20-4-6-22-50(48)59-52)46(44)34-47-41(15-9-19-45(47)54)36-28-32-38(33-29-36)43-17-11-25-53-56(43)58-49-21-5-7-23-51(49)60-53/h1-34H. The maximum absolute atomic E-state index is 6.51. The molecule has 4 heteroatoms. The van der Waals surface area contributed by atoms with Crippen LogP contribution in [0.25, 0.3) is 77.2 Å². The summed E-state index contributed by atoms with van der Waals surface area (Å²) in [5, 5.41) is 4.91. The summed E-state index contributed by atoms with van der Waals surface area (Å²) in [4.78, 5) is 4.55. The van der Waals surface area contributed by atoms with E-state index in [-0.39, 0.29) is 0 Å². The number of rotatable bonds is 5. The molecular formula is C56H34O2S2. The lowest BCUT2D eigenvalue weighted by atomic mass is 9.86. The molecule has 0 bridgehead atoms. The zero-order valence-electron chi connectivity index (χ0n) is 32.3. The third-order valence-electron chi connectivity index (χ3n) is 11.6. The molecule has 2 aliphatic heterocycles. The maximum atomic E-state index is 6.51. The maximum Gasteiger partial charge on any atom is 0.149 e. The molecule has 60 heavy (non-hydrogen) atoms. The van der Waals surface area contributed by atoms with Gasteiger partial charge in [-0.2, -0.15) is 0 Å². The van der Waals surface area contributed by atoms with Crippen molar-refractivity contribution in [1.82, 2.24) is 0 Å². The van der Waals surface area contributed by atoms with E-state index < -0.39 is 0 Å². The summed E-state index contributed by atoms with van der Waals surface area (Å²) in [7, 11) is 0. The average molecular weight is 803 g/mol. The fourth-order valence-corrected chi connectivity index (χ4v) is 10.8. The minimum absolute atomic E-state index is 0.904. The van der Waals surface area contributed by atoms with Crippen molar-refractivity contribution >= 4 is 45.1 Å². The molecule has 2 nitrogen and oxygen atoms in total. The van der Waals surface area contributed by atoms with Crippen LogP contribution in [0.2, 0.25) is 0 Å². The first-order valence-electron chi connectivity index (χ1n) is 20.1. The number of fused-ring (bicyclic) bond motifs is 6. The van der Waals surface area contributed by atoms with Gasteiger partial charge in [0.25, 0.3) is 0 Å². The van der Waals surface area contributed by atoms with Crippen LogP contribution in [-0.2, 0) is 0 Å². The number of benzene rings is 10. The van der Waals surface area contributed by atoms with Crippen molar-refractivity contribution in [3.63, 3.8) is 0 Å². The third kappa shape index (κ3) is 5.91. The van der Waals surface area contributed by atoms with Gasteiger partial charge in [-0.05, 0) is 109 Å². The lowest BCUT2D eigenvalue weighted by Crippen LogP contribution is -1.97. The monoisotopic (exact) mass is 802 g/mol. The highest BCUT2D eigenvalue weighted by Gasteiger charge is 2.23. The molecule has 12 rings (SSSR count). The Balaban J connectivity index is 0.964. The normalized spacial score (nSPS) is 12.5. The van der Waals surface area contributed by atoms with Gasteiger partial charge in [0, 0.05) is 11.1 Å². The van der Waals surface area contributed by atoms with Gasteiger partial charge in [-0.1, -0.05) is 187 Å². The van der Waals surface area contributed by atoms with Crippen molar-refractivity contribution in [2.75, 3.05) is 0 Å². The largest absolute Gasteiger partial charge is 0.454 e. The highest BCUT2D eigenvalue weighted by atomic mass is 32.2. The van der Waals surface area contributed by atoms with E-state index in [2.05, 4.69) is 182 Å². The van der Waals surface area contributed by atoms with E-state index in [1.807, 2.05) is 24.3 Å². The minimum Gasteiger partial charge on any atom is -0.454 e. The Labute approximate surface area is 357 Å². The Morgan fingerprint density at radius 1 is 0.267 bits per heavy atom. The molecule has 0 fully saturated rings. The van der Waals surface area contributed by atoms with Crippen molar-refractivity contribution in [2.45, 2.75) is 19.6 Å². The van der Waals surface area contributed by atoms with Crippen molar-refractivity contribution < 1.29 is 9.47 Å². The SMILES string of the molecule is c1ccc(-c2c3cccc(-c4ccc(-c5cccc6c5Oc5ccccc5S6)cc4)c3cc3c(-c4ccc(-c5cccc6c5Oc5ccccc5S6)cc4)cccc23)cc1.